The van der Waals surface area contributed by atoms with E-state index in [1.807, 2.05) is 6.07 Å². The molecule has 2 heterocycles. The van der Waals surface area contributed by atoms with Crippen LogP contribution in [0.4, 0.5) is 5.82 Å². The molecular weight excluding hydrogens is 236 g/mol. The van der Waals surface area contributed by atoms with Gasteiger partial charge in [0.2, 0.25) is 0 Å². The second kappa shape index (κ2) is 6.57. The van der Waals surface area contributed by atoms with E-state index in [-0.39, 0.29) is 0 Å². The van der Waals surface area contributed by atoms with Gasteiger partial charge in [-0.1, -0.05) is 19.9 Å². The average Bonchev–Trinajstić information content (AvgIpc) is 2.81. The van der Waals surface area contributed by atoms with E-state index < -0.39 is 0 Å². The second-order valence-corrected chi connectivity index (χ2v) is 4.67. The summed E-state index contributed by atoms with van der Waals surface area (Å²) in [5, 5.41) is 3.42. The molecule has 4 heteroatoms. The Kier molecular flexibility index (Phi) is 4.80. The van der Waals surface area contributed by atoms with Crippen molar-refractivity contribution < 1.29 is 0 Å². The molecule has 0 radical (unpaired) electrons. The Labute approximate surface area is 115 Å². The van der Waals surface area contributed by atoms with Crippen molar-refractivity contribution in [3.63, 3.8) is 0 Å². The van der Waals surface area contributed by atoms with Crippen LogP contribution in [0.3, 0.4) is 0 Å². The lowest BCUT2D eigenvalue weighted by Gasteiger charge is -2.21. The molecule has 0 spiro atoms. The van der Waals surface area contributed by atoms with E-state index in [0.717, 1.165) is 44.1 Å². The lowest BCUT2D eigenvalue weighted by molar-refractivity contribution is 0.695. The summed E-state index contributed by atoms with van der Waals surface area (Å²) < 4.78 is 2.19. The zero-order valence-corrected chi connectivity index (χ0v) is 12.2. The highest BCUT2D eigenvalue weighted by atomic mass is 15.2. The molecule has 2 rings (SSSR count). The first-order chi connectivity index (χ1) is 9.31. The zero-order valence-electron chi connectivity index (χ0n) is 12.2. The molecule has 1 N–H and O–H groups in total. The van der Waals surface area contributed by atoms with Crippen molar-refractivity contribution in [3.8, 4) is 0 Å². The van der Waals surface area contributed by atoms with Crippen LogP contribution < -0.4 is 10.2 Å². The van der Waals surface area contributed by atoms with Gasteiger partial charge in [-0.15, -0.1) is 0 Å². The number of fused-ring (bicyclic) bond motifs is 1. The maximum atomic E-state index is 4.80. The predicted octanol–water partition coefficient (Wildman–Crippen LogP) is 2.68. The minimum absolute atomic E-state index is 0.858. The number of pyridine rings is 1. The molecule has 0 unspecified atom stereocenters. The van der Waals surface area contributed by atoms with Crippen LogP contribution in [-0.2, 0) is 6.54 Å². The molecular formula is C15H24N4. The van der Waals surface area contributed by atoms with Gasteiger partial charge < -0.3 is 14.6 Å². The predicted molar refractivity (Wildman–Crippen MR) is 80.8 cm³/mol. The van der Waals surface area contributed by atoms with Crippen molar-refractivity contribution >= 4 is 11.5 Å². The Bertz CT molecular complexity index is 518. The summed E-state index contributed by atoms with van der Waals surface area (Å²) in [5.41, 5.74) is 2.28. The van der Waals surface area contributed by atoms with Gasteiger partial charge in [-0.3, -0.25) is 0 Å². The maximum absolute atomic E-state index is 4.80. The van der Waals surface area contributed by atoms with Gasteiger partial charge in [-0.2, -0.15) is 0 Å². The molecule has 0 aromatic carbocycles. The van der Waals surface area contributed by atoms with E-state index in [1.165, 1.54) is 5.69 Å². The zero-order chi connectivity index (χ0) is 13.7. The number of nitrogens with one attached hydrogen (secondary N) is 1. The number of aromatic nitrogens is 2. The van der Waals surface area contributed by atoms with Gasteiger partial charge in [0.1, 0.15) is 5.65 Å². The fraction of sp³-hybridized carbons (Fsp3) is 0.533. The fourth-order valence-electron chi connectivity index (χ4n) is 2.38. The highest BCUT2D eigenvalue weighted by Crippen LogP contribution is 2.21. The number of anilines is 1. The summed E-state index contributed by atoms with van der Waals surface area (Å²) >= 11 is 0. The number of hydrogen-bond donors (Lipinski definition) is 1. The molecule has 0 bridgehead atoms. The van der Waals surface area contributed by atoms with E-state index in [2.05, 4.69) is 53.7 Å². The van der Waals surface area contributed by atoms with Crippen molar-refractivity contribution in [2.75, 3.05) is 24.5 Å². The molecule has 0 atom stereocenters. The van der Waals surface area contributed by atoms with Gasteiger partial charge >= 0.3 is 0 Å². The van der Waals surface area contributed by atoms with Crippen LogP contribution in [0.25, 0.3) is 5.65 Å². The van der Waals surface area contributed by atoms with Crippen LogP contribution in [0.15, 0.2) is 24.4 Å². The van der Waals surface area contributed by atoms with Crippen LogP contribution in [0.2, 0.25) is 0 Å². The highest BCUT2D eigenvalue weighted by Gasteiger charge is 2.15. The molecule has 104 valence electrons. The van der Waals surface area contributed by atoms with Gasteiger partial charge in [-0.05, 0) is 32.0 Å². The first kappa shape index (κ1) is 13.9. The topological polar surface area (TPSA) is 32.6 Å². The summed E-state index contributed by atoms with van der Waals surface area (Å²) in [7, 11) is 0. The van der Waals surface area contributed by atoms with Gasteiger partial charge in [-0.25, -0.2) is 4.98 Å². The van der Waals surface area contributed by atoms with Crippen LogP contribution in [-0.4, -0.2) is 29.0 Å². The standard InChI is InChI=1S/C15H24N4/c1-4-10-18(6-3)15-13(12-16-5-2)19-11-8-7-9-14(19)17-15/h7-9,11,16H,4-6,10,12H2,1-3H3. The Morgan fingerprint density at radius 3 is 2.79 bits per heavy atom. The monoisotopic (exact) mass is 260 g/mol. The molecule has 2 aromatic heterocycles. The summed E-state index contributed by atoms with van der Waals surface area (Å²) in [6.45, 7) is 10.4. The molecule has 19 heavy (non-hydrogen) atoms. The SMILES string of the molecule is CCCN(CC)c1nc2ccccn2c1CNCC. The number of rotatable bonds is 7. The van der Waals surface area contributed by atoms with Gasteiger partial charge in [0.05, 0.1) is 5.69 Å². The maximum Gasteiger partial charge on any atom is 0.152 e. The fourth-order valence-corrected chi connectivity index (χ4v) is 2.38. The summed E-state index contributed by atoms with van der Waals surface area (Å²) in [6, 6.07) is 6.17. The number of nitrogens with zero attached hydrogens (tertiary/aromatic N) is 3. The van der Waals surface area contributed by atoms with Crippen molar-refractivity contribution in [3.05, 3.63) is 30.1 Å². The minimum Gasteiger partial charge on any atom is -0.355 e. The third-order valence-corrected chi connectivity index (χ3v) is 3.32. The lowest BCUT2D eigenvalue weighted by atomic mass is 10.3. The van der Waals surface area contributed by atoms with Crippen LogP contribution in [0.5, 0.6) is 0 Å². The van der Waals surface area contributed by atoms with Gasteiger partial charge in [0.25, 0.3) is 0 Å². The van der Waals surface area contributed by atoms with Crippen LogP contribution in [0, 0.1) is 0 Å². The van der Waals surface area contributed by atoms with Crippen molar-refractivity contribution in [2.45, 2.75) is 33.7 Å². The molecule has 0 aliphatic heterocycles. The van der Waals surface area contributed by atoms with Gasteiger partial charge in [0, 0.05) is 25.8 Å². The van der Waals surface area contributed by atoms with E-state index in [0.29, 0.717) is 0 Å². The normalized spacial score (nSPS) is 11.1. The Hall–Kier alpha value is -1.55. The largest absolute Gasteiger partial charge is 0.355 e. The van der Waals surface area contributed by atoms with E-state index in [9.17, 15) is 0 Å². The Morgan fingerprint density at radius 1 is 1.26 bits per heavy atom. The van der Waals surface area contributed by atoms with Crippen molar-refractivity contribution in [1.82, 2.24) is 14.7 Å². The molecule has 4 nitrogen and oxygen atoms in total. The summed E-state index contributed by atoms with van der Waals surface area (Å²) in [4.78, 5) is 7.17. The first-order valence-corrected chi connectivity index (χ1v) is 7.23. The Morgan fingerprint density at radius 2 is 2.11 bits per heavy atom. The smallest absolute Gasteiger partial charge is 0.152 e. The quantitative estimate of drug-likeness (QED) is 0.831. The Balaban J connectivity index is 2.44. The molecule has 2 aromatic rings. The molecule has 0 amide bonds. The number of imidazole rings is 1. The highest BCUT2D eigenvalue weighted by molar-refractivity contribution is 5.55. The second-order valence-electron chi connectivity index (χ2n) is 4.67. The molecule has 0 saturated heterocycles. The third kappa shape index (κ3) is 2.89. The van der Waals surface area contributed by atoms with Crippen LogP contribution >= 0.6 is 0 Å². The van der Waals surface area contributed by atoms with Crippen molar-refractivity contribution in [1.29, 1.82) is 0 Å². The number of hydrogen-bond acceptors (Lipinski definition) is 3. The van der Waals surface area contributed by atoms with Crippen molar-refractivity contribution in [2.24, 2.45) is 0 Å². The van der Waals surface area contributed by atoms with E-state index >= 15 is 0 Å². The lowest BCUT2D eigenvalue weighted by Crippen LogP contribution is -2.26. The van der Waals surface area contributed by atoms with E-state index in [1.54, 1.807) is 0 Å². The molecule has 0 aliphatic carbocycles. The minimum atomic E-state index is 0.858. The summed E-state index contributed by atoms with van der Waals surface area (Å²) in [5.74, 6) is 1.12. The van der Waals surface area contributed by atoms with Crippen LogP contribution in [0.1, 0.15) is 32.9 Å². The average molecular weight is 260 g/mol. The first-order valence-electron chi connectivity index (χ1n) is 7.23. The van der Waals surface area contributed by atoms with E-state index in [4.69, 9.17) is 4.98 Å². The van der Waals surface area contributed by atoms with Gasteiger partial charge in [0.15, 0.2) is 5.82 Å². The molecule has 0 aliphatic rings. The summed E-state index contributed by atoms with van der Waals surface area (Å²) in [6.07, 6.45) is 3.24. The molecule has 0 fully saturated rings. The third-order valence-electron chi connectivity index (χ3n) is 3.32. The molecule has 0 saturated carbocycles.